The van der Waals surface area contributed by atoms with E-state index in [4.69, 9.17) is 5.26 Å². The van der Waals surface area contributed by atoms with E-state index in [2.05, 4.69) is 64.5 Å². The van der Waals surface area contributed by atoms with Crippen LogP contribution in [0.5, 0.6) is 0 Å². The predicted molar refractivity (Wildman–Crippen MR) is 94.4 cm³/mol. The van der Waals surface area contributed by atoms with Crippen LogP contribution >= 0.6 is 15.9 Å². The molecule has 2 aromatic carbocycles. The maximum Gasteiger partial charge on any atom is 0.0823 e. The Morgan fingerprint density at radius 2 is 1.39 bits per heavy atom. The van der Waals surface area contributed by atoms with Crippen LogP contribution in [-0.4, -0.2) is 0 Å². The number of hydrogen-bond acceptors (Lipinski definition) is 2. The molecule has 3 rings (SSSR count). The molecule has 0 amide bonds. The van der Waals surface area contributed by atoms with Crippen LogP contribution in [-0.2, 0) is 5.41 Å². The number of halogens is 1. The van der Waals surface area contributed by atoms with Gasteiger partial charge in [0.15, 0.2) is 0 Å². The molecular weight excluding hydrogens is 348 g/mol. The summed E-state index contributed by atoms with van der Waals surface area (Å²) in [5, 5.41) is 18.8. The van der Waals surface area contributed by atoms with Gasteiger partial charge in [-0.1, -0.05) is 52.3 Å². The molecule has 1 aliphatic carbocycles. The standard InChI is InChI=1S/C20H17BrN2/c21-19-7-3-17(4-8-19)16-1-5-18(6-2-16)20(14-23)11-9-15(13-22)10-12-20/h1-8,15H,9-12H2. The summed E-state index contributed by atoms with van der Waals surface area (Å²) >= 11 is 3.45. The van der Waals surface area contributed by atoms with Crippen LogP contribution in [0.2, 0.25) is 0 Å². The molecule has 1 fully saturated rings. The Kier molecular flexibility index (Phi) is 4.51. The summed E-state index contributed by atoms with van der Waals surface area (Å²) in [5.74, 6) is 0.110. The van der Waals surface area contributed by atoms with Crippen molar-refractivity contribution in [3.63, 3.8) is 0 Å². The lowest BCUT2D eigenvalue weighted by molar-refractivity contribution is 0.320. The summed E-state index contributed by atoms with van der Waals surface area (Å²) < 4.78 is 1.07. The number of nitrogens with zero attached hydrogens (tertiary/aromatic N) is 2. The number of hydrogen-bond donors (Lipinski definition) is 0. The average molecular weight is 365 g/mol. The summed E-state index contributed by atoms with van der Waals surface area (Å²) in [6.07, 6.45) is 3.19. The van der Waals surface area contributed by atoms with Crippen LogP contribution in [0.15, 0.2) is 53.0 Å². The van der Waals surface area contributed by atoms with Crippen molar-refractivity contribution in [2.24, 2.45) is 5.92 Å². The van der Waals surface area contributed by atoms with Gasteiger partial charge in [-0.05, 0) is 54.5 Å². The topological polar surface area (TPSA) is 47.6 Å². The van der Waals surface area contributed by atoms with Crippen LogP contribution < -0.4 is 0 Å². The van der Waals surface area contributed by atoms with E-state index in [9.17, 15) is 5.26 Å². The predicted octanol–water partition coefficient (Wildman–Crippen LogP) is 5.59. The summed E-state index contributed by atoms with van der Waals surface area (Å²) in [6.45, 7) is 0. The molecule has 1 saturated carbocycles. The maximum absolute atomic E-state index is 9.73. The third kappa shape index (κ3) is 3.16. The Morgan fingerprint density at radius 3 is 1.87 bits per heavy atom. The van der Waals surface area contributed by atoms with E-state index in [1.165, 1.54) is 5.56 Å². The molecule has 0 aromatic heterocycles. The highest BCUT2D eigenvalue weighted by atomic mass is 79.9. The van der Waals surface area contributed by atoms with Crippen LogP contribution in [0.25, 0.3) is 11.1 Å². The van der Waals surface area contributed by atoms with Crippen molar-refractivity contribution in [3.05, 3.63) is 58.6 Å². The van der Waals surface area contributed by atoms with Crippen molar-refractivity contribution in [1.29, 1.82) is 10.5 Å². The lowest BCUT2D eigenvalue weighted by Crippen LogP contribution is -2.29. The SMILES string of the molecule is N#CC1CCC(C#N)(c2ccc(-c3ccc(Br)cc3)cc2)CC1. The summed E-state index contributed by atoms with van der Waals surface area (Å²) in [7, 11) is 0. The zero-order valence-corrected chi connectivity index (χ0v) is 14.4. The van der Waals surface area contributed by atoms with Gasteiger partial charge in [0, 0.05) is 10.4 Å². The fourth-order valence-electron chi connectivity index (χ4n) is 3.33. The summed E-state index contributed by atoms with van der Waals surface area (Å²) in [4.78, 5) is 0. The van der Waals surface area contributed by atoms with Gasteiger partial charge in [0.2, 0.25) is 0 Å². The van der Waals surface area contributed by atoms with Crippen LogP contribution in [0.1, 0.15) is 31.2 Å². The summed E-state index contributed by atoms with van der Waals surface area (Å²) in [6, 6.07) is 21.4. The molecule has 0 N–H and O–H groups in total. The first kappa shape index (κ1) is 15.8. The average Bonchev–Trinajstić information content (AvgIpc) is 2.62. The van der Waals surface area contributed by atoms with Crippen LogP contribution in [0, 0.1) is 28.6 Å². The highest BCUT2D eigenvalue weighted by Gasteiger charge is 2.37. The molecule has 3 heteroatoms. The molecule has 0 saturated heterocycles. The minimum Gasteiger partial charge on any atom is -0.198 e. The molecule has 2 nitrogen and oxygen atoms in total. The van der Waals surface area contributed by atoms with Gasteiger partial charge < -0.3 is 0 Å². The van der Waals surface area contributed by atoms with Gasteiger partial charge in [-0.3, -0.25) is 0 Å². The largest absolute Gasteiger partial charge is 0.198 e. The van der Waals surface area contributed by atoms with Crippen molar-refractivity contribution >= 4 is 15.9 Å². The fraction of sp³-hybridized carbons (Fsp3) is 0.300. The molecule has 0 bridgehead atoms. The van der Waals surface area contributed by atoms with Crippen LogP contribution in [0.4, 0.5) is 0 Å². The third-order valence-electron chi connectivity index (χ3n) is 4.85. The van der Waals surface area contributed by atoms with E-state index in [-0.39, 0.29) is 5.92 Å². The molecular formula is C20H17BrN2. The van der Waals surface area contributed by atoms with Gasteiger partial charge in [0.25, 0.3) is 0 Å². The molecule has 23 heavy (non-hydrogen) atoms. The zero-order valence-electron chi connectivity index (χ0n) is 12.8. The normalized spacial score (nSPS) is 23.7. The Hall–Kier alpha value is -2.10. The monoisotopic (exact) mass is 364 g/mol. The minimum atomic E-state index is -0.425. The Bertz CT molecular complexity index is 755. The lowest BCUT2D eigenvalue weighted by Gasteiger charge is -2.33. The number of rotatable bonds is 2. The quantitative estimate of drug-likeness (QED) is 0.696. The number of benzene rings is 2. The Labute approximate surface area is 145 Å². The van der Waals surface area contributed by atoms with Gasteiger partial charge in [-0.2, -0.15) is 10.5 Å². The van der Waals surface area contributed by atoms with E-state index in [0.717, 1.165) is 41.3 Å². The van der Waals surface area contributed by atoms with Crippen molar-refractivity contribution < 1.29 is 0 Å². The molecule has 0 atom stereocenters. The van der Waals surface area contributed by atoms with Crippen molar-refractivity contribution in [2.45, 2.75) is 31.1 Å². The minimum absolute atomic E-state index is 0.110. The molecule has 0 aliphatic heterocycles. The molecule has 0 spiro atoms. The number of nitriles is 2. The Morgan fingerprint density at radius 1 is 0.870 bits per heavy atom. The highest BCUT2D eigenvalue weighted by Crippen LogP contribution is 2.41. The van der Waals surface area contributed by atoms with E-state index >= 15 is 0 Å². The zero-order chi connectivity index (χ0) is 16.3. The lowest BCUT2D eigenvalue weighted by atomic mass is 9.68. The molecule has 0 heterocycles. The van der Waals surface area contributed by atoms with Gasteiger partial charge in [0.1, 0.15) is 0 Å². The Balaban J connectivity index is 1.85. The second-order valence-electron chi connectivity index (χ2n) is 6.18. The smallest absolute Gasteiger partial charge is 0.0823 e. The molecule has 114 valence electrons. The first-order chi connectivity index (χ1) is 11.2. The van der Waals surface area contributed by atoms with Gasteiger partial charge >= 0.3 is 0 Å². The van der Waals surface area contributed by atoms with Gasteiger partial charge in [0.05, 0.1) is 17.6 Å². The van der Waals surface area contributed by atoms with Crippen LogP contribution in [0.3, 0.4) is 0 Å². The van der Waals surface area contributed by atoms with Crippen molar-refractivity contribution in [3.8, 4) is 23.3 Å². The second-order valence-corrected chi connectivity index (χ2v) is 7.10. The second kappa shape index (κ2) is 6.57. The maximum atomic E-state index is 9.73. The molecule has 1 aliphatic rings. The first-order valence-corrected chi connectivity index (χ1v) is 8.63. The van der Waals surface area contributed by atoms with Crippen molar-refractivity contribution in [1.82, 2.24) is 0 Å². The fourth-order valence-corrected chi connectivity index (χ4v) is 3.59. The molecule has 2 aromatic rings. The van der Waals surface area contributed by atoms with E-state index in [1.54, 1.807) is 0 Å². The molecule has 0 radical (unpaired) electrons. The first-order valence-electron chi connectivity index (χ1n) is 7.84. The van der Waals surface area contributed by atoms with E-state index in [1.807, 2.05) is 12.1 Å². The highest BCUT2D eigenvalue weighted by molar-refractivity contribution is 9.10. The van der Waals surface area contributed by atoms with Crippen molar-refractivity contribution in [2.75, 3.05) is 0 Å². The van der Waals surface area contributed by atoms with E-state index in [0.29, 0.717) is 0 Å². The summed E-state index contributed by atoms with van der Waals surface area (Å²) in [5.41, 5.74) is 2.97. The third-order valence-corrected chi connectivity index (χ3v) is 5.38. The van der Waals surface area contributed by atoms with E-state index < -0.39 is 5.41 Å². The van der Waals surface area contributed by atoms with Gasteiger partial charge in [-0.25, -0.2) is 0 Å². The molecule has 0 unspecified atom stereocenters. The van der Waals surface area contributed by atoms with Gasteiger partial charge in [-0.15, -0.1) is 0 Å².